The van der Waals surface area contributed by atoms with Crippen LogP contribution in [0.2, 0.25) is 5.15 Å². The maximum absolute atomic E-state index is 13.3. The Kier molecular flexibility index (Phi) is 5.56. The Morgan fingerprint density at radius 1 is 1.45 bits per heavy atom. The van der Waals surface area contributed by atoms with Crippen molar-refractivity contribution in [2.24, 2.45) is 0 Å². The van der Waals surface area contributed by atoms with Gasteiger partial charge < -0.3 is 9.47 Å². The zero-order chi connectivity index (χ0) is 15.4. The van der Waals surface area contributed by atoms with Crippen molar-refractivity contribution >= 4 is 11.6 Å². The number of halogens is 4. The summed E-state index contributed by atoms with van der Waals surface area (Å²) in [6, 6.07) is 1.32. The first kappa shape index (κ1) is 16.9. The number of rotatable bonds is 6. The summed E-state index contributed by atoms with van der Waals surface area (Å²) in [6.07, 6.45) is -1.71. The van der Waals surface area contributed by atoms with Crippen molar-refractivity contribution in [3.8, 4) is 0 Å². The molecule has 3 nitrogen and oxygen atoms in total. The highest BCUT2D eigenvalue weighted by atomic mass is 35.5. The van der Waals surface area contributed by atoms with Crippen molar-refractivity contribution in [2.75, 3.05) is 13.9 Å². The summed E-state index contributed by atoms with van der Waals surface area (Å²) in [5.74, 6) is 0. The first-order valence-corrected chi connectivity index (χ1v) is 6.09. The van der Waals surface area contributed by atoms with Gasteiger partial charge in [-0.25, -0.2) is 4.98 Å². The van der Waals surface area contributed by atoms with E-state index < -0.39 is 18.6 Å². The van der Waals surface area contributed by atoms with Crippen LogP contribution in [0, 0.1) is 0 Å². The second-order valence-electron chi connectivity index (χ2n) is 4.25. The number of hydrogen-bond donors (Lipinski definition) is 0. The lowest BCUT2D eigenvalue weighted by atomic mass is 9.95. The van der Waals surface area contributed by atoms with Gasteiger partial charge in [0.2, 0.25) is 0 Å². The topological polar surface area (TPSA) is 31.4 Å². The third-order valence-electron chi connectivity index (χ3n) is 2.83. The molecule has 0 spiro atoms. The van der Waals surface area contributed by atoms with Gasteiger partial charge in [-0.15, -0.1) is 6.58 Å². The molecule has 0 radical (unpaired) electrons. The van der Waals surface area contributed by atoms with Crippen molar-refractivity contribution in [3.05, 3.63) is 41.2 Å². The van der Waals surface area contributed by atoms with Gasteiger partial charge in [-0.3, -0.25) is 0 Å². The van der Waals surface area contributed by atoms with E-state index >= 15 is 0 Å². The molecule has 7 heteroatoms. The minimum absolute atomic E-state index is 0.136. The molecule has 0 aliphatic rings. The normalized spacial score (nSPS) is 14.9. The van der Waals surface area contributed by atoms with E-state index in [0.717, 1.165) is 13.1 Å². The molecule has 0 amide bonds. The molecule has 0 N–H and O–H groups in total. The van der Waals surface area contributed by atoms with E-state index in [1.165, 1.54) is 19.3 Å². The van der Waals surface area contributed by atoms with Crippen molar-refractivity contribution in [3.63, 3.8) is 0 Å². The largest absolute Gasteiger partial charge is 0.421 e. The van der Waals surface area contributed by atoms with Crippen LogP contribution in [0.15, 0.2) is 24.9 Å². The monoisotopic (exact) mass is 309 g/mol. The van der Waals surface area contributed by atoms with Gasteiger partial charge in [0.15, 0.2) is 5.60 Å². The van der Waals surface area contributed by atoms with Crippen LogP contribution in [0.1, 0.15) is 18.1 Å². The third-order valence-corrected chi connectivity index (χ3v) is 3.17. The minimum atomic E-state index is -4.62. The molecule has 1 rings (SSSR count). The molecule has 1 unspecified atom stereocenters. The average molecular weight is 310 g/mol. The fraction of sp³-hybridized carbons (Fsp3) is 0.462. The Morgan fingerprint density at radius 2 is 2.10 bits per heavy atom. The number of methoxy groups -OCH3 is 1. The number of alkyl halides is 3. The molecule has 112 valence electrons. The summed E-state index contributed by atoms with van der Waals surface area (Å²) in [5.41, 5.74) is -2.20. The summed E-state index contributed by atoms with van der Waals surface area (Å²) in [6.45, 7) is 3.96. The van der Waals surface area contributed by atoms with Crippen molar-refractivity contribution in [1.29, 1.82) is 0 Å². The van der Waals surface area contributed by atoms with Gasteiger partial charge in [0.05, 0.1) is 0 Å². The van der Waals surface area contributed by atoms with Gasteiger partial charge >= 0.3 is 6.18 Å². The summed E-state index contributed by atoms with van der Waals surface area (Å²) < 4.78 is 49.2. The molecule has 0 fully saturated rings. The van der Waals surface area contributed by atoms with E-state index in [-0.39, 0.29) is 10.7 Å². The minimum Gasteiger partial charge on any atom is -0.359 e. The van der Waals surface area contributed by atoms with E-state index in [0.29, 0.717) is 12.0 Å². The molecule has 1 heterocycles. The maximum atomic E-state index is 13.3. The SMILES string of the molecule is C=CCc1cc(C(C)(OCOC)C(F)(F)F)cnc1Cl. The predicted octanol–water partition coefficient (Wildman–Crippen LogP) is 3.86. The molecular formula is C13H15ClF3NO2. The zero-order valence-corrected chi connectivity index (χ0v) is 11.9. The Hall–Kier alpha value is -1.11. The van der Waals surface area contributed by atoms with E-state index in [1.807, 2.05) is 0 Å². The van der Waals surface area contributed by atoms with Gasteiger partial charge in [0, 0.05) is 18.9 Å². The number of aromatic nitrogens is 1. The highest BCUT2D eigenvalue weighted by Crippen LogP contribution is 2.42. The summed E-state index contributed by atoms with van der Waals surface area (Å²) in [4.78, 5) is 3.78. The molecule has 1 aromatic rings. The molecule has 0 saturated carbocycles. The molecule has 0 aliphatic heterocycles. The smallest absolute Gasteiger partial charge is 0.359 e. The molecule has 1 atom stereocenters. The zero-order valence-electron chi connectivity index (χ0n) is 11.1. The summed E-state index contributed by atoms with van der Waals surface area (Å²) in [7, 11) is 1.25. The molecule has 0 aliphatic carbocycles. The third kappa shape index (κ3) is 3.50. The average Bonchev–Trinajstić information content (AvgIpc) is 2.37. The highest BCUT2D eigenvalue weighted by Gasteiger charge is 2.54. The fourth-order valence-corrected chi connectivity index (χ4v) is 1.74. The van der Waals surface area contributed by atoms with Crippen molar-refractivity contribution < 1.29 is 22.6 Å². The van der Waals surface area contributed by atoms with Crippen molar-refractivity contribution in [2.45, 2.75) is 25.1 Å². The van der Waals surface area contributed by atoms with Crippen LogP contribution in [0.5, 0.6) is 0 Å². The lowest BCUT2D eigenvalue weighted by Gasteiger charge is -2.32. The Morgan fingerprint density at radius 3 is 2.60 bits per heavy atom. The standard InChI is InChI=1S/C13H15ClF3NO2/c1-4-5-9-6-10(7-18-11(9)14)12(2,13(15,16)17)20-8-19-3/h4,6-7H,1,5,8H2,2-3H3. The van der Waals surface area contributed by atoms with Crippen LogP contribution in [0.3, 0.4) is 0 Å². The van der Waals surface area contributed by atoms with Gasteiger partial charge in [-0.05, 0) is 25.0 Å². The van der Waals surface area contributed by atoms with Crippen LogP contribution < -0.4 is 0 Å². The van der Waals surface area contributed by atoms with E-state index in [1.54, 1.807) is 0 Å². The number of allylic oxidation sites excluding steroid dienone is 1. The fourth-order valence-electron chi connectivity index (χ4n) is 1.56. The number of pyridine rings is 1. The highest BCUT2D eigenvalue weighted by molar-refractivity contribution is 6.30. The number of hydrogen-bond acceptors (Lipinski definition) is 3. The van der Waals surface area contributed by atoms with Crippen LogP contribution in [0.25, 0.3) is 0 Å². The maximum Gasteiger partial charge on any atom is 0.421 e. The summed E-state index contributed by atoms with van der Waals surface area (Å²) >= 11 is 5.84. The second-order valence-corrected chi connectivity index (χ2v) is 4.61. The molecule has 0 aromatic carbocycles. The quantitative estimate of drug-likeness (QED) is 0.454. The Bertz CT molecular complexity index is 479. The Labute approximate surface area is 120 Å². The van der Waals surface area contributed by atoms with E-state index in [2.05, 4.69) is 16.3 Å². The van der Waals surface area contributed by atoms with Gasteiger partial charge in [-0.2, -0.15) is 13.2 Å². The number of nitrogens with zero attached hydrogens (tertiary/aromatic N) is 1. The molecular weight excluding hydrogens is 295 g/mol. The van der Waals surface area contributed by atoms with E-state index in [4.69, 9.17) is 16.3 Å². The van der Waals surface area contributed by atoms with Crippen LogP contribution in [-0.2, 0) is 21.5 Å². The van der Waals surface area contributed by atoms with Crippen LogP contribution in [0.4, 0.5) is 13.2 Å². The first-order valence-electron chi connectivity index (χ1n) is 5.71. The molecule has 0 saturated heterocycles. The predicted molar refractivity (Wildman–Crippen MR) is 69.5 cm³/mol. The van der Waals surface area contributed by atoms with Crippen LogP contribution >= 0.6 is 11.6 Å². The lowest BCUT2D eigenvalue weighted by Crippen LogP contribution is -2.42. The van der Waals surface area contributed by atoms with Crippen LogP contribution in [-0.4, -0.2) is 25.1 Å². The molecule has 20 heavy (non-hydrogen) atoms. The Balaban J connectivity index is 3.27. The van der Waals surface area contributed by atoms with Gasteiger partial charge in [0.25, 0.3) is 0 Å². The first-order chi connectivity index (χ1) is 9.26. The van der Waals surface area contributed by atoms with E-state index in [9.17, 15) is 13.2 Å². The summed E-state index contributed by atoms with van der Waals surface area (Å²) in [5, 5.41) is 0.143. The number of ether oxygens (including phenoxy) is 2. The van der Waals surface area contributed by atoms with Crippen molar-refractivity contribution in [1.82, 2.24) is 4.98 Å². The second kappa shape index (κ2) is 6.56. The van der Waals surface area contributed by atoms with Gasteiger partial charge in [-0.1, -0.05) is 17.7 Å². The molecule has 0 bridgehead atoms. The lowest BCUT2D eigenvalue weighted by molar-refractivity contribution is -0.296. The van der Waals surface area contributed by atoms with Gasteiger partial charge in [0.1, 0.15) is 11.9 Å². The molecule has 1 aromatic heterocycles.